The van der Waals surface area contributed by atoms with Gasteiger partial charge < -0.3 is 4.98 Å². The van der Waals surface area contributed by atoms with Gasteiger partial charge in [-0.1, -0.05) is 5.92 Å². The number of hydrogen-bond acceptors (Lipinski definition) is 3. The zero-order valence-electron chi connectivity index (χ0n) is 8.94. The summed E-state index contributed by atoms with van der Waals surface area (Å²) in [5, 5.41) is 0. The van der Waals surface area contributed by atoms with Crippen LogP contribution in [0.1, 0.15) is 6.92 Å². The molecule has 2 heterocycles. The summed E-state index contributed by atoms with van der Waals surface area (Å²) in [6.07, 6.45) is 1.39. The van der Waals surface area contributed by atoms with Crippen molar-refractivity contribution in [2.24, 2.45) is 7.05 Å². The Balaban J connectivity index is 2.87. The van der Waals surface area contributed by atoms with E-state index in [1.165, 1.54) is 10.9 Å². The standard InChI is InChI=1S/C10H10N4O2/c1-3-4-5-14-9(15)7-8(12-6-11-7)13(2)10(14)16/h6H,5H2,1-2H3,(H,11,12). The maximum absolute atomic E-state index is 11.9. The minimum atomic E-state index is -0.410. The van der Waals surface area contributed by atoms with Crippen molar-refractivity contribution in [3.05, 3.63) is 27.2 Å². The average molecular weight is 218 g/mol. The molecule has 82 valence electrons. The van der Waals surface area contributed by atoms with Crippen LogP contribution < -0.4 is 11.2 Å². The highest BCUT2D eigenvalue weighted by atomic mass is 16.2. The molecule has 2 aromatic rings. The Bertz CT molecular complexity index is 708. The van der Waals surface area contributed by atoms with Crippen molar-refractivity contribution in [2.75, 3.05) is 0 Å². The zero-order chi connectivity index (χ0) is 11.7. The second-order valence-electron chi connectivity index (χ2n) is 3.26. The first kappa shape index (κ1) is 10.2. The molecule has 0 aliphatic heterocycles. The monoisotopic (exact) mass is 218 g/mol. The Morgan fingerprint density at radius 1 is 1.50 bits per heavy atom. The summed E-state index contributed by atoms with van der Waals surface area (Å²) < 4.78 is 2.40. The number of aromatic amines is 1. The van der Waals surface area contributed by atoms with Crippen LogP contribution in [-0.2, 0) is 13.6 Å². The average Bonchev–Trinajstić information content (AvgIpc) is 2.75. The van der Waals surface area contributed by atoms with Crippen LogP contribution in [0.2, 0.25) is 0 Å². The molecule has 0 aliphatic carbocycles. The van der Waals surface area contributed by atoms with Gasteiger partial charge in [-0.15, -0.1) is 5.92 Å². The van der Waals surface area contributed by atoms with Crippen molar-refractivity contribution in [1.82, 2.24) is 19.1 Å². The third-order valence-corrected chi connectivity index (χ3v) is 2.33. The second-order valence-corrected chi connectivity index (χ2v) is 3.26. The predicted molar refractivity (Wildman–Crippen MR) is 59.0 cm³/mol. The largest absolute Gasteiger partial charge is 0.339 e. The maximum atomic E-state index is 11.9. The first-order valence-electron chi connectivity index (χ1n) is 4.69. The van der Waals surface area contributed by atoms with E-state index in [1.807, 2.05) is 0 Å². The number of H-pyrrole nitrogens is 1. The number of aromatic nitrogens is 4. The van der Waals surface area contributed by atoms with E-state index in [4.69, 9.17) is 0 Å². The molecular weight excluding hydrogens is 208 g/mol. The number of nitrogens with one attached hydrogen (secondary N) is 1. The molecule has 16 heavy (non-hydrogen) atoms. The van der Waals surface area contributed by atoms with E-state index in [-0.39, 0.29) is 6.54 Å². The Kier molecular flexibility index (Phi) is 2.37. The van der Waals surface area contributed by atoms with E-state index in [1.54, 1.807) is 14.0 Å². The molecule has 1 N–H and O–H groups in total. The molecule has 0 amide bonds. The van der Waals surface area contributed by atoms with E-state index < -0.39 is 11.2 Å². The highest BCUT2D eigenvalue weighted by Crippen LogP contribution is 1.98. The molecule has 0 fully saturated rings. The summed E-state index contributed by atoms with van der Waals surface area (Å²) in [7, 11) is 1.57. The van der Waals surface area contributed by atoms with E-state index >= 15 is 0 Å². The molecule has 0 radical (unpaired) electrons. The first-order valence-corrected chi connectivity index (χ1v) is 4.69. The fourth-order valence-corrected chi connectivity index (χ4v) is 1.49. The molecule has 0 saturated carbocycles. The van der Waals surface area contributed by atoms with Crippen molar-refractivity contribution in [2.45, 2.75) is 13.5 Å². The molecule has 2 rings (SSSR count). The maximum Gasteiger partial charge on any atom is 0.333 e. The van der Waals surface area contributed by atoms with Crippen LogP contribution in [0, 0.1) is 11.8 Å². The summed E-state index contributed by atoms with van der Waals surface area (Å²) in [6.45, 7) is 1.75. The normalized spacial score (nSPS) is 10.1. The van der Waals surface area contributed by atoms with Crippen LogP contribution >= 0.6 is 0 Å². The summed E-state index contributed by atoms with van der Waals surface area (Å²) in [5.74, 6) is 5.34. The predicted octanol–water partition coefficient (Wildman–Crippen LogP) is -0.553. The van der Waals surface area contributed by atoms with Crippen molar-refractivity contribution in [1.29, 1.82) is 0 Å². The minimum absolute atomic E-state index is 0.0942. The molecule has 0 unspecified atom stereocenters. The van der Waals surface area contributed by atoms with E-state index in [9.17, 15) is 9.59 Å². The second kappa shape index (κ2) is 3.70. The van der Waals surface area contributed by atoms with Gasteiger partial charge in [-0.3, -0.25) is 9.36 Å². The van der Waals surface area contributed by atoms with Crippen LogP contribution in [0.4, 0.5) is 0 Å². The van der Waals surface area contributed by atoms with Crippen LogP contribution in [0.25, 0.3) is 11.2 Å². The third-order valence-electron chi connectivity index (χ3n) is 2.33. The van der Waals surface area contributed by atoms with Crippen LogP contribution in [0.15, 0.2) is 15.9 Å². The molecule has 0 saturated heterocycles. The van der Waals surface area contributed by atoms with Crippen molar-refractivity contribution in [3.8, 4) is 11.8 Å². The number of aryl methyl sites for hydroxylation is 1. The van der Waals surface area contributed by atoms with Crippen LogP contribution in [0.5, 0.6) is 0 Å². The highest BCUT2D eigenvalue weighted by Gasteiger charge is 2.11. The van der Waals surface area contributed by atoms with Gasteiger partial charge in [0.1, 0.15) is 5.52 Å². The third kappa shape index (κ3) is 1.34. The van der Waals surface area contributed by atoms with Crippen LogP contribution in [-0.4, -0.2) is 19.1 Å². The molecule has 0 bridgehead atoms. The van der Waals surface area contributed by atoms with Gasteiger partial charge in [0.05, 0.1) is 12.9 Å². The van der Waals surface area contributed by atoms with Gasteiger partial charge >= 0.3 is 5.69 Å². The SMILES string of the molecule is CC#CCn1c(=O)c2[nH]cnc2n(C)c1=O. The van der Waals surface area contributed by atoms with Crippen molar-refractivity contribution < 1.29 is 0 Å². The minimum Gasteiger partial charge on any atom is -0.339 e. The summed E-state index contributed by atoms with van der Waals surface area (Å²) >= 11 is 0. The Labute approximate surface area is 90.5 Å². The highest BCUT2D eigenvalue weighted by molar-refractivity contribution is 5.68. The smallest absolute Gasteiger partial charge is 0.333 e. The van der Waals surface area contributed by atoms with Crippen molar-refractivity contribution in [3.63, 3.8) is 0 Å². The van der Waals surface area contributed by atoms with E-state index in [0.29, 0.717) is 11.2 Å². The number of imidazole rings is 1. The van der Waals surface area contributed by atoms with E-state index in [2.05, 4.69) is 21.8 Å². The quantitative estimate of drug-likeness (QED) is 0.652. The lowest BCUT2D eigenvalue weighted by molar-refractivity contribution is 0.676. The van der Waals surface area contributed by atoms with Crippen LogP contribution in [0.3, 0.4) is 0 Å². The van der Waals surface area contributed by atoms with Gasteiger partial charge in [0, 0.05) is 7.05 Å². The van der Waals surface area contributed by atoms with Gasteiger partial charge in [0.15, 0.2) is 5.65 Å². The Hall–Kier alpha value is -2.29. The Morgan fingerprint density at radius 2 is 2.25 bits per heavy atom. The van der Waals surface area contributed by atoms with Gasteiger partial charge in [-0.05, 0) is 6.92 Å². The molecule has 0 spiro atoms. The summed E-state index contributed by atoms with van der Waals surface area (Å²) in [5.41, 5.74) is -0.124. The lowest BCUT2D eigenvalue weighted by Gasteiger charge is -2.03. The van der Waals surface area contributed by atoms with E-state index in [0.717, 1.165) is 4.57 Å². The number of hydrogen-bond donors (Lipinski definition) is 1. The summed E-state index contributed by atoms with van der Waals surface area (Å²) in [4.78, 5) is 30.3. The van der Waals surface area contributed by atoms with Gasteiger partial charge in [0.25, 0.3) is 5.56 Å². The molecule has 6 nitrogen and oxygen atoms in total. The topological polar surface area (TPSA) is 72.7 Å². The van der Waals surface area contributed by atoms with Gasteiger partial charge in [-0.25, -0.2) is 14.3 Å². The fraction of sp³-hybridized carbons (Fsp3) is 0.300. The van der Waals surface area contributed by atoms with Crippen molar-refractivity contribution >= 4 is 11.2 Å². The van der Waals surface area contributed by atoms with Gasteiger partial charge in [-0.2, -0.15) is 0 Å². The molecule has 2 aromatic heterocycles. The molecule has 0 aromatic carbocycles. The molecule has 0 aliphatic rings. The molecule has 0 atom stereocenters. The molecular formula is C10H10N4O2. The van der Waals surface area contributed by atoms with Gasteiger partial charge in [0.2, 0.25) is 0 Å². The summed E-state index contributed by atoms with van der Waals surface area (Å²) in [6, 6.07) is 0. The number of fused-ring (bicyclic) bond motifs is 1. The fourth-order valence-electron chi connectivity index (χ4n) is 1.49. The molecule has 6 heteroatoms. The Morgan fingerprint density at radius 3 is 2.94 bits per heavy atom. The lowest BCUT2D eigenvalue weighted by atomic mass is 10.5. The lowest BCUT2D eigenvalue weighted by Crippen LogP contribution is -2.38. The first-order chi connectivity index (χ1) is 7.66. The number of nitrogens with zero attached hydrogens (tertiary/aromatic N) is 3. The number of rotatable bonds is 1. The zero-order valence-corrected chi connectivity index (χ0v) is 8.94.